The highest BCUT2D eigenvalue weighted by Crippen LogP contribution is 2.24. The molecule has 0 radical (unpaired) electrons. The van der Waals surface area contributed by atoms with Crippen molar-refractivity contribution in [2.75, 3.05) is 19.0 Å². The number of carbonyl (C=O) groups excluding carboxylic acids is 2. The zero-order valence-electron chi connectivity index (χ0n) is 34.5. The van der Waals surface area contributed by atoms with Gasteiger partial charge in [-0.25, -0.2) is 0 Å². The lowest BCUT2D eigenvalue weighted by atomic mass is 10.00. The minimum atomic E-state index is -4.60. The predicted molar refractivity (Wildman–Crippen MR) is 219 cm³/mol. The van der Waals surface area contributed by atoms with E-state index in [0.29, 0.717) is 12.8 Å². The van der Waals surface area contributed by atoms with Crippen LogP contribution in [0.15, 0.2) is 36.5 Å². The summed E-state index contributed by atoms with van der Waals surface area (Å²) < 4.78 is 53.9. The monoisotopic (exact) mass is 817 g/mol. The number of rotatable bonds is 35. The van der Waals surface area contributed by atoms with E-state index in [1.54, 1.807) is 0 Å². The van der Waals surface area contributed by atoms with E-state index in [0.717, 1.165) is 83.5 Å². The number of unbranched alkanes of at least 4 members (excludes halogenated alkanes) is 17. The third-order valence-corrected chi connectivity index (χ3v) is 10.4. The fourth-order valence-electron chi connectivity index (χ4n) is 6.27. The highest BCUT2D eigenvalue weighted by atomic mass is 32.2. The van der Waals surface area contributed by atoms with Crippen molar-refractivity contribution in [1.82, 2.24) is 0 Å². The molecule has 0 saturated carbocycles. The summed E-state index contributed by atoms with van der Waals surface area (Å²) in [4.78, 5) is 25.3. The summed E-state index contributed by atoms with van der Waals surface area (Å²) in [5.41, 5.74) is 0. The van der Waals surface area contributed by atoms with Crippen molar-refractivity contribution in [3.63, 3.8) is 0 Å². The van der Waals surface area contributed by atoms with Gasteiger partial charge in [-0.1, -0.05) is 127 Å². The van der Waals surface area contributed by atoms with Crippen LogP contribution in [0.4, 0.5) is 0 Å². The molecule has 1 fully saturated rings. The zero-order valence-corrected chi connectivity index (χ0v) is 35.3. The molecule has 4 N–H and O–H groups in total. The maximum Gasteiger partial charge on any atom is 0.306 e. The van der Waals surface area contributed by atoms with Crippen LogP contribution in [0, 0.1) is 0 Å². The second-order valence-electron chi connectivity index (χ2n) is 15.0. The summed E-state index contributed by atoms with van der Waals surface area (Å²) in [6.07, 6.45) is 27.6. The van der Waals surface area contributed by atoms with Gasteiger partial charge in [-0.3, -0.25) is 14.1 Å². The van der Waals surface area contributed by atoms with E-state index in [9.17, 15) is 37.9 Å². The molecule has 1 heterocycles. The highest BCUT2D eigenvalue weighted by Gasteiger charge is 2.46. The van der Waals surface area contributed by atoms with Gasteiger partial charge in [0.1, 0.15) is 36.8 Å². The summed E-state index contributed by atoms with van der Waals surface area (Å²) in [7, 11) is -4.60. The summed E-state index contributed by atoms with van der Waals surface area (Å²) >= 11 is 0. The van der Waals surface area contributed by atoms with Crippen molar-refractivity contribution in [2.45, 2.75) is 205 Å². The molecule has 1 saturated heterocycles. The third-order valence-electron chi connectivity index (χ3n) is 9.69. The first-order valence-electron chi connectivity index (χ1n) is 21.5. The second-order valence-corrected chi connectivity index (χ2v) is 16.5. The fourth-order valence-corrected chi connectivity index (χ4v) is 6.97. The van der Waals surface area contributed by atoms with E-state index in [-0.39, 0.29) is 19.4 Å². The van der Waals surface area contributed by atoms with E-state index in [1.165, 1.54) is 44.9 Å². The number of carbonyl (C=O) groups is 2. The van der Waals surface area contributed by atoms with Gasteiger partial charge in [0.25, 0.3) is 10.1 Å². The number of ether oxygens (including phenoxy) is 4. The average molecular weight is 817 g/mol. The molecule has 1 aliphatic rings. The van der Waals surface area contributed by atoms with Crippen LogP contribution < -0.4 is 0 Å². The fraction of sp³-hybridized carbons (Fsp3) is 0.814. The summed E-state index contributed by atoms with van der Waals surface area (Å²) in [5, 5.41) is 30.8. The van der Waals surface area contributed by atoms with Gasteiger partial charge in [-0.2, -0.15) is 8.42 Å². The van der Waals surface area contributed by atoms with Crippen LogP contribution in [0.25, 0.3) is 0 Å². The smallest absolute Gasteiger partial charge is 0.306 e. The van der Waals surface area contributed by atoms with E-state index in [2.05, 4.69) is 50.3 Å². The maximum absolute atomic E-state index is 12.8. The maximum atomic E-state index is 12.8. The number of allylic oxidation sites excluding steroid dienone is 6. The molecule has 12 nitrogen and oxygen atoms in total. The first-order chi connectivity index (χ1) is 27.0. The van der Waals surface area contributed by atoms with Crippen molar-refractivity contribution in [1.29, 1.82) is 0 Å². The third kappa shape index (κ3) is 28.3. The van der Waals surface area contributed by atoms with Gasteiger partial charge in [0.2, 0.25) is 0 Å². The summed E-state index contributed by atoms with van der Waals surface area (Å²) in [6.45, 7) is 3.67. The van der Waals surface area contributed by atoms with E-state index < -0.39 is 71.2 Å². The van der Waals surface area contributed by atoms with Crippen LogP contribution in [0.1, 0.15) is 168 Å². The zero-order chi connectivity index (χ0) is 41.3. The molecule has 0 amide bonds. The lowest BCUT2D eigenvalue weighted by Gasteiger charge is -2.40. The minimum absolute atomic E-state index is 0.153. The van der Waals surface area contributed by atoms with Crippen molar-refractivity contribution in [3.05, 3.63) is 36.5 Å². The predicted octanol–water partition coefficient (Wildman–Crippen LogP) is 8.22. The Balaban J connectivity index is 2.47. The van der Waals surface area contributed by atoms with Gasteiger partial charge < -0.3 is 34.3 Å². The Morgan fingerprint density at radius 3 is 1.64 bits per heavy atom. The number of esters is 2. The molecule has 326 valence electrons. The first kappa shape index (κ1) is 51.9. The molecule has 0 aliphatic carbocycles. The lowest BCUT2D eigenvalue weighted by Crippen LogP contribution is -2.60. The van der Waals surface area contributed by atoms with Gasteiger partial charge >= 0.3 is 11.9 Å². The van der Waals surface area contributed by atoms with Crippen LogP contribution in [0.3, 0.4) is 0 Å². The molecule has 6 unspecified atom stereocenters. The number of aliphatic hydroxyl groups is 3. The van der Waals surface area contributed by atoms with Crippen molar-refractivity contribution in [2.24, 2.45) is 0 Å². The molecule has 1 rings (SSSR count). The van der Waals surface area contributed by atoms with Gasteiger partial charge in [-0.15, -0.1) is 0 Å². The quantitative estimate of drug-likeness (QED) is 0.0208. The molecule has 0 aromatic heterocycles. The summed E-state index contributed by atoms with van der Waals surface area (Å²) in [5.74, 6) is -2.01. The molecule has 0 aromatic rings. The largest absolute Gasteiger partial charge is 0.462 e. The minimum Gasteiger partial charge on any atom is -0.462 e. The Bertz CT molecular complexity index is 1190. The van der Waals surface area contributed by atoms with Crippen molar-refractivity contribution >= 4 is 22.1 Å². The van der Waals surface area contributed by atoms with Crippen LogP contribution in [0.2, 0.25) is 0 Å². The van der Waals surface area contributed by atoms with Crippen LogP contribution >= 0.6 is 0 Å². The molecule has 6 atom stereocenters. The second kappa shape index (κ2) is 33.8. The van der Waals surface area contributed by atoms with E-state index >= 15 is 0 Å². The number of aliphatic hydroxyl groups excluding tert-OH is 3. The van der Waals surface area contributed by atoms with Crippen LogP contribution in [-0.4, -0.2) is 96.0 Å². The molecular formula is C43H76O12S. The van der Waals surface area contributed by atoms with Gasteiger partial charge in [0.15, 0.2) is 12.4 Å². The Kier molecular flexibility index (Phi) is 31.3. The Morgan fingerprint density at radius 1 is 0.607 bits per heavy atom. The topological polar surface area (TPSA) is 186 Å². The molecule has 13 heteroatoms. The molecule has 0 aromatic carbocycles. The average Bonchev–Trinajstić information content (AvgIpc) is 3.16. The molecule has 0 spiro atoms. The SMILES string of the molecule is CCCC/C=C\CCCCCCCC(=O)OCC(COC1OC(CS(=O)(=O)O)C(O)C(O)C1O)OC(=O)CCCCCCCCC/C=C\C/C=C\CCCCC. The number of hydrogen-bond donors (Lipinski definition) is 4. The Labute approximate surface area is 338 Å². The molecular weight excluding hydrogens is 741 g/mol. The Morgan fingerprint density at radius 2 is 1.09 bits per heavy atom. The standard InChI is InChI=1S/C43H76O12S/c1-3-5-7-9-11-13-15-16-17-18-19-20-22-24-26-28-30-32-39(45)54-36(33-52-38(44)31-29-27-25-23-21-14-12-10-8-6-4-2)34-53-43-42(48)41(47)40(46)37(55-43)35-56(49,50)51/h10-13,16-17,36-37,40-43,46-48H,3-9,14-15,18-35H2,1-2H3,(H,49,50,51)/b12-10-,13-11-,17-16-. The van der Waals surface area contributed by atoms with Crippen LogP contribution in [-0.2, 0) is 38.7 Å². The molecule has 1 aliphatic heterocycles. The lowest BCUT2D eigenvalue weighted by molar-refractivity contribution is -0.297. The molecule has 56 heavy (non-hydrogen) atoms. The molecule has 0 bridgehead atoms. The highest BCUT2D eigenvalue weighted by molar-refractivity contribution is 7.85. The van der Waals surface area contributed by atoms with E-state index in [4.69, 9.17) is 18.9 Å². The van der Waals surface area contributed by atoms with Gasteiger partial charge in [0, 0.05) is 12.8 Å². The normalized spacial score (nSPS) is 21.0. The summed E-state index contributed by atoms with van der Waals surface area (Å²) in [6, 6.07) is 0. The van der Waals surface area contributed by atoms with Gasteiger partial charge in [-0.05, 0) is 64.2 Å². The van der Waals surface area contributed by atoms with E-state index in [1.807, 2.05) is 0 Å². The van der Waals surface area contributed by atoms with Crippen molar-refractivity contribution < 1.29 is 56.8 Å². The number of hydrogen-bond acceptors (Lipinski definition) is 11. The van der Waals surface area contributed by atoms with Crippen LogP contribution in [0.5, 0.6) is 0 Å². The Hall–Kier alpha value is -2.13. The van der Waals surface area contributed by atoms with Crippen molar-refractivity contribution in [3.8, 4) is 0 Å². The first-order valence-corrected chi connectivity index (χ1v) is 23.2. The van der Waals surface area contributed by atoms with Gasteiger partial charge in [0.05, 0.1) is 6.61 Å².